The van der Waals surface area contributed by atoms with Gasteiger partial charge in [0.2, 0.25) is 0 Å². The van der Waals surface area contributed by atoms with Gasteiger partial charge in [0.1, 0.15) is 17.4 Å². The number of rotatable bonds is 10. The summed E-state index contributed by atoms with van der Waals surface area (Å²) in [5.74, 6) is 0.905. The summed E-state index contributed by atoms with van der Waals surface area (Å²) in [4.78, 5) is 35.4. The van der Waals surface area contributed by atoms with Gasteiger partial charge in [0.15, 0.2) is 0 Å². The molecule has 4 rings (SSSR count). The van der Waals surface area contributed by atoms with Crippen LogP contribution in [0.15, 0.2) is 57.2 Å². The number of nitrogens with zero attached hydrogens (tertiary/aromatic N) is 3. The summed E-state index contributed by atoms with van der Waals surface area (Å²) < 4.78 is 5.43. The summed E-state index contributed by atoms with van der Waals surface area (Å²) in [6.07, 6.45) is 1.03. The Morgan fingerprint density at radius 1 is 1.06 bits per heavy atom. The predicted molar refractivity (Wildman–Crippen MR) is 138 cm³/mol. The zero-order valence-corrected chi connectivity index (χ0v) is 21.1. The first-order valence-electron chi connectivity index (χ1n) is 12.2. The normalized spacial score (nSPS) is 15.7. The van der Waals surface area contributed by atoms with E-state index in [-0.39, 0.29) is 24.6 Å². The van der Waals surface area contributed by atoms with Crippen LogP contribution in [0.3, 0.4) is 0 Å². The van der Waals surface area contributed by atoms with Crippen molar-refractivity contribution in [3.63, 3.8) is 0 Å². The van der Waals surface area contributed by atoms with Crippen molar-refractivity contribution in [2.75, 3.05) is 52.5 Å². The number of amidine groups is 1. The number of Topliss-reactive ketones (excluding diaryl/α,β-unsaturated/α-hetero) is 2. The van der Waals surface area contributed by atoms with Crippen LogP contribution in [0, 0.1) is 0 Å². The van der Waals surface area contributed by atoms with Gasteiger partial charge in [0.25, 0.3) is 0 Å². The van der Waals surface area contributed by atoms with E-state index in [0.29, 0.717) is 26.1 Å². The number of fused-ring (bicyclic) bond motifs is 2. The number of hydrogen-bond acceptors (Lipinski definition) is 8. The molecule has 0 radical (unpaired) electrons. The fraction of sp³-hybridized carbons (Fsp3) is 0.444. The monoisotopic (exact) mass is 495 g/mol. The highest BCUT2D eigenvalue weighted by Gasteiger charge is 2.25. The molecule has 8 heteroatoms. The summed E-state index contributed by atoms with van der Waals surface area (Å²) in [7, 11) is 0. The van der Waals surface area contributed by atoms with Crippen molar-refractivity contribution in [1.82, 2.24) is 9.80 Å². The number of ether oxygens (including phenoxy) is 1. The molecule has 0 spiro atoms. The van der Waals surface area contributed by atoms with Gasteiger partial charge in [-0.1, -0.05) is 30.0 Å². The predicted octanol–water partition coefficient (Wildman–Crippen LogP) is 3.34. The summed E-state index contributed by atoms with van der Waals surface area (Å²) >= 11 is 1.72. The van der Waals surface area contributed by atoms with E-state index in [1.54, 1.807) is 11.8 Å². The number of aryl methyl sites for hydroxylation is 1. The lowest BCUT2D eigenvalue weighted by Gasteiger charge is -2.36. The topological polar surface area (TPSA) is 82.4 Å². The molecule has 2 aromatic rings. The summed E-state index contributed by atoms with van der Waals surface area (Å²) in [5.41, 5.74) is 3.19. The second kappa shape index (κ2) is 12.4. The number of aliphatic imine (C=N–C) groups is 1. The van der Waals surface area contributed by atoms with Gasteiger partial charge in [-0.15, -0.1) is 0 Å². The molecule has 2 aliphatic heterocycles. The van der Waals surface area contributed by atoms with Crippen molar-refractivity contribution in [2.45, 2.75) is 36.0 Å². The maximum Gasteiger partial charge on any atom is 0.140 e. The average Bonchev–Trinajstić information content (AvgIpc) is 3.02. The zero-order chi connectivity index (χ0) is 24.6. The quantitative estimate of drug-likeness (QED) is 0.400. The molecule has 0 atom stereocenters. The van der Waals surface area contributed by atoms with Gasteiger partial charge in [-0.25, -0.2) is 4.99 Å². The highest BCUT2D eigenvalue weighted by Crippen LogP contribution is 2.41. The second-order valence-electron chi connectivity index (χ2n) is 8.92. The van der Waals surface area contributed by atoms with Crippen LogP contribution in [0.5, 0.6) is 0 Å². The van der Waals surface area contributed by atoms with Crippen LogP contribution < -0.4 is 0 Å². The highest BCUT2D eigenvalue weighted by atomic mass is 32.2. The van der Waals surface area contributed by atoms with E-state index in [0.717, 1.165) is 65.2 Å². The van der Waals surface area contributed by atoms with E-state index in [1.165, 1.54) is 6.92 Å². The molecule has 186 valence electrons. The smallest absolute Gasteiger partial charge is 0.140 e. The van der Waals surface area contributed by atoms with E-state index in [2.05, 4.69) is 40.1 Å². The second-order valence-corrected chi connectivity index (χ2v) is 10.0. The number of benzene rings is 2. The van der Waals surface area contributed by atoms with Gasteiger partial charge < -0.3 is 14.7 Å². The number of aliphatic hydroxyl groups is 1. The van der Waals surface area contributed by atoms with Gasteiger partial charge in [-0.2, -0.15) is 0 Å². The third kappa shape index (κ3) is 7.01. The molecule has 1 fully saturated rings. The van der Waals surface area contributed by atoms with E-state index in [1.807, 2.05) is 12.1 Å². The number of carbonyl (C=O) groups is 2. The van der Waals surface area contributed by atoms with Crippen molar-refractivity contribution < 1.29 is 19.4 Å². The Bertz CT molecular complexity index is 1080. The molecule has 1 N–H and O–H groups in total. The van der Waals surface area contributed by atoms with E-state index in [4.69, 9.17) is 14.8 Å². The number of para-hydroxylation sites is 1. The van der Waals surface area contributed by atoms with E-state index >= 15 is 0 Å². The molecule has 2 heterocycles. The number of carbonyl (C=O) groups excluding carboxylic acids is 2. The van der Waals surface area contributed by atoms with Crippen LogP contribution in [0.1, 0.15) is 30.9 Å². The first-order valence-corrected chi connectivity index (χ1v) is 13.0. The molecule has 0 bridgehead atoms. The Hall–Kier alpha value is -2.52. The lowest BCUT2D eigenvalue weighted by Crippen LogP contribution is -2.49. The fourth-order valence-corrected chi connectivity index (χ4v) is 5.44. The molecular formula is C27H33N3O4S. The van der Waals surface area contributed by atoms with Crippen LogP contribution in [-0.2, 0) is 20.7 Å². The Morgan fingerprint density at radius 3 is 2.63 bits per heavy atom. The van der Waals surface area contributed by atoms with Crippen molar-refractivity contribution >= 4 is 34.9 Å². The zero-order valence-electron chi connectivity index (χ0n) is 20.2. The standard InChI is InChI=1S/C27H33N3O4S/c1-20(32)18-22(33)8-6-21-7-9-23-26(19-21)35-25-5-3-2-4-24(25)28-27(23)30-12-10-29(11-13-30)14-16-34-17-15-31/h2-5,7,9,19,31H,6,8,10-18H2,1H3. The van der Waals surface area contributed by atoms with E-state index < -0.39 is 0 Å². The van der Waals surface area contributed by atoms with Crippen LogP contribution in [-0.4, -0.2) is 84.9 Å². The lowest BCUT2D eigenvalue weighted by molar-refractivity contribution is -0.125. The minimum Gasteiger partial charge on any atom is -0.394 e. The summed E-state index contributed by atoms with van der Waals surface area (Å²) in [6.45, 7) is 7.02. The number of piperazine rings is 1. The molecule has 35 heavy (non-hydrogen) atoms. The van der Waals surface area contributed by atoms with Gasteiger partial charge in [0.05, 0.1) is 31.9 Å². The SMILES string of the molecule is CC(=O)CC(=O)CCc1ccc2c(c1)Sc1ccccc1N=C2N1CCN(CCOCCO)CC1. The molecule has 1 saturated heterocycles. The van der Waals surface area contributed by atoms with E-state index in [9.17, 15) is 9.59 Å². The van der Waals surface area contributed by atoms with Gasteiger partial charge in [-0.3, -0.25) is 14.5 Å². The molecule has 0 unspecified atom stereocenters. The number of aliphatic hydroxyl groups excluding tert-OH is 1. The molecule has 0 aliphatic carbocycles. The Morgan fingerprint density at radius 2 is 1.86 bits per heavy atom. The maximum atomic E-state index is 12.0. The van der Waals surface area contributed by atoms with Gasteiger partial charge in [0, 0.05) is 54.5 Å². The third-order valence-corrected chi connectivity index (χ3v) is 7.32. The highest BCUT2D eigenvalue weighted by molar-refractivity contribution is 7.99. The summed E-state index contributed by atoms with van der Waals surface area (Å²) in [6, 6.07) is 14.6. The largest absolute Gasteiger partial charge is 0.394 e. The third-order valence-electron chi connectivity index (χ3n) is 6.20. The Balaban J connectivity index is 1.50. The van der Waals surface area contributed by atoms with Crippen molar-refractivity contribution in [3.8, 4) is 0 Å². The van der Waals surface area contributed by atoms with Gasteiger partial charge >= 0.3 is 0 Å². The molecule has 0 aromatic heterocycles. The molecule has 0 amide bonds. The molecule has 0 saturated carbocycles. The van der Waals surface area contributed by atoms with Crippen molar-refractivity contribution in [3.05, 3.63) is 53.6 Å². The van der Waals surface area contributed by atoms with Crippen LogP contribution in [0.4, 0.5) is 5.69 Å². The maximum absolute atomic E-state index is 12.0. The fourth-order valence-electron chi connectivity index (χ4n) is 4.35. The molecule has 2 aliphatic rings. The average molecular weight is 496 g/mol. The van der Waals surface area contributed by atoms with Crippen LogP contribution >= 0.6 is 11.8 Å². The van der Waals surface area contributed by atoms with Crippen LogP contribution in [0.2, 0.25) is 0 Å². The Kier molecular flexibility index (Phi) is 9.09. The van der Waals surface area contributed by atoms with Crippen molar-refractivity contribution in [2.24, 2.45) is 4.99 Å². The number of hydrogen-bond donors (Lipinski definition) is 1. The Labute approximate surface area is 211 Å². The molecule has 7 nitrogen and oxygen atoms in total. The van der Waals surface area contributed by atoms with Gasteiger partial charge in [-0.05, 0) is 43.2 Å². The van der Waals surface area contributed by atoms with Crippen LogP contribution in [0.25, 0.3) is 0 Å². The minimum atomic E-state index is -0.0808. The summed E-state index contributed by atoms with van der Waals surface area (Å²) in [5, 5.41) is 8.87. The van der Waals surface area contributed by atoms with Crippen molar-refractivity contribution in [1.29, 1.82) is 0 Å². The molecule has 2 aromatic carbocycles. The number of ketones is 2. The first-order chi connectivity index (χ1) is 17.0. The minimum absolute atomic E-state index is 0.00711. The first kappa shape index (κ1) is 25.6. The molecular weight excluding hydrogens is 462 g/mol. The lowest BCUT2D eigenvalue weighted by atomic mass is 10.0.